The summed E-state index contributed by atoms with van der Waals surface area (Å²) in [6.45, 7) is 4.45. The van der Waals surface area contributed by atoms with Crippen LogP contribution in [0.4, 0.5) is 8.78 Å². The van der Waals surface area contributed by atoms with E-state index in [1.807, 2.05) is 48.7 Å². The van der Waals surface area contributed by atoms with Crippen molar-refractivity contribution < 1.29 is 8.78 Å². The molecular formula is C23H23F2N3. The molecule has 5 heteroatoms. The second-order valence-corrected chi connectivity index (χ2v) is 7.14. The Balaban J connectivity index is 1.51. The van der Waals surface area contributed by atoms with Gasteiger partial charge in [-0.25, -0.2) is 8.78 Å². The van der Waals surface area contributed by atoms with Gasteiger partial charge in [-0.3, -0.25) is 14.8 Å². The van der Waals surface area contributed by atoms with Gasteiger partial charge in [0.25, 0.3) is 0 Å². The van der Waals surface area contributed by atoms with Gasteiger partial charge in [0, 0.05) is 38.9 Å². The average Bonchev–Trinajstić information content (AvgIpc) is 2.73. The lowest BCUT2D eigenvalue weighted by Gasteiger charge is -2.39. The molecule has 2 heterocycles. The molecule has 1 aliphatic heterocycles. The lowest BCUT2D eigenvalue weighted by Crippen LogP contribution is -2.47. The van der Waals surface area contributed by atoms with Crippen molar-refractivity contribution in [2.75, 3.05) is 26.2 Å². The van der Waals surface area contributed by atoms with Gasteiger partial charge in [0.15, 0.2) is 0 Å². The van der Waals surface area contributed by atoms with Crippen LogP contribution >= 0.6 is 0 Å². The predicted octanol–water partition coefficient (Wildman–Crippen LogP) is 4.27. The summed E-state index contributed by atoms with van der Waals surface area (Å²) in [6.07, 6.45) is 1.82. The van der Waals surface area contributed by atoms with E-state index in [2.05, 4.69) is 14.8 Å². The van der Waals surface area contributed by atoms with Crippen LogP contribution in [0.3, 0.4) is 0 Å². The minimum Gasteiger partial charge on any atom is -0.295 e. The number of nitrogens with zero attached hydrogens (tertiary/aromatic N) is 3. The van der Waals surface area contributed by atoms with E-state index in [0.29, 0.717) is 0 Å². The van der Waals surface area contributed by atoms with Gasteiger partial charge in [-0.05, 0) is 47.5 Å². The van der Waals surface area contributed by atoms with E-state index < -0.39 is 0 Å². The van der Waals surface area contributed by atoms with E-state index >= 15 is 0 Å². The van der Waals surface area contributed by atoms with Crippen molar-refractivity contribution >= 4 is 0 Å². The Morgan fingerprint density at radius 2 is 1.32 bits per heavy atom. The van der Waals surface area contributed by atoms with Crippen LogP contribution in [-0.4, -0.2) is 41.0 Å². The molecule has 4 rings (SSSR count). The van der Waals surface area contributed by atoms with E-state index in [0.717, 1.165) is 49.5 Å². The van der Waals surface area contributed by atoms with Crippen LogP contribution in [0.2, 0.25) is 0 Å². The second kappa shape index (κ2) is 8.59. The van der Waals surface area contributed by atoms with E-state index in [9.17, 15) is 8.78 Å². The summed E-state index contributed by atoms with van der Waals surface area (Å²) in [6, 6.07) is 19.2. The predicted molar refractivity (Wildman–Crippen MR) is 106 cm³/mol. The molecule has 1 saturated heterocycles. The summed E-state index contributed by atoms with van der Waals surface area (Å²) in [5.74, 6) is -0.497. The van der Waals surface area contributed by atoms with Gasteiger partial charge in [-0.15, -0.1) is 0 Å². The molecule has 0 radical (unpaired) electrons. The van der Waals surface area contributed by atoms with Gasteiger partial charge in [0.05, 0.1) is 11.7 Å². The third-order valence-corrected chi connectivity index (χ3v) is 5.26. The number of hydrogen-bond acceptors (Lipinski definition) is 3. The van der Waals surface area contributed by atoms with Crippen molar-refractivity contribution in [3.8, 4) is 0 Å². The first-order chi connectivity index (χ1) is 13.7. The van der Waals surface area contributed by atoms with Crippen molar-refractivity contribution in [3.05, 3.63) is 101 Å². The highest BCUT2D eigenvalue weighted by Crippen LogP contribution is 2.30. The van der Waals surface area contributed by atoms with E-state index in [4.69, 9.17) is 0 Å². The Labute approximate surface area is 164 Å². The maximum absolute atomic E-state index is 13.4. The highest BCUT2D eigenvalue weighted by atomic mass is 19.1. The molecule has 0 saturated carbocycles. The molecule has 1 aromatic heterocycles. The van der Waals surface area contributed by atoms with Crippen LogP contribution in [0.25, 0.3) is 0 Å². The zero-order valence-electron chi connectivity index (χ0n) is 15.6. The Kier molecular flexibility index (Phi) is 5.74. The molecule has 2 aromatic carbocycles. The molecule has 1 fully saturated rings. The highest BCUT2D eigenvalue weighted by molar-refractivity contribution is 5.32. The van der Waals surface area contributed by atoms with Crippen LogP contribution in [0, 0.1) is 11.6 Å². The number of piperazine rings is 1. The molecule has 0 spiro atoms. The molecule has 0 aliphatic carbocycles. The SMILES string of the molecule is Fc1ccc(C(c2ccc(F)cc2)N2CCN(Cc3ccccn3)CC2)cc1. The molecule has 0 bridgehead atoms. The molecule has 3 aromatic rings. The minimum absolute atomic E-state index is 0.0156. The summed E-state index contributed by atoms with van der Waals surface area (Å²) in [5.41, 5.74) is 3.11. The van der Waals surface area contributed by atoms with Gasteiger partial charge < -0.3 is 0 Å². The van der Waals surface area contributed by atoms with Gasteiger partial charge in [-0.1, -0.05) is 30.3 Å². The number of rotatable bonds is 5. The monoisotopic (exact) mass is 379 g/mol. The van der Waals surface area contributed by atoms with Crippen LogP contribution < -0.4 is 0 Å². The van der Waals surface area contributed by atoms with Gasteiger partial charge in [0.2, 0.25) is 0 Å². The standard InChI is InChI=1S/C23H23F2N3/c24-20-8-4-18(5-9-20)23(19-6-10-21(25)11-7-19)28-15-13-27(14-16-28)17-22-3-1-2-12-26-22/h1-12,23H,13-17H2. The molecule has 3 nitrogen and oxygen atoms in total. The molecule has 0 amide bonds. The smallest absolute Gasteiger partial charge is 0.123 e. The fraction of sp³-hybridized carbons (Fsp3) is 0.261. The summed E-state index contributed by atoms with van der Waals surface area (Å²) in [7, 11) is 0. The lowest BCUT2D eigenvalue weighted by atomic mass is 9.96. The summed E-state index contributed by atoms with van der Waals surface area (Å²) >= 11 is 0. The third kappa shape index (κ3) is 4.43. The van der Waals surface area contributed by atoms with Crippen molar-refractivity contribution in [2.24, 2.45) is 0 Å². The van der Waals surface area contributed by atoms with Crippen molar-refractivity contribution in [2.45, 2.75) is 12.6 Å². The van der Waals surface area contributed by atoms with Crippen molar-refractivity contribution in [3.63, 3.8) is 0 Å². The van der Waals surface area contributed by atoms with Crippen LogP contribution in [-0.2, 0) is 6.54 Å². The first-order valence-electron chi connectivity index (χ1n) is 9.56. The molecule has 0 N–H and O–H groups in total. The fourth-order valence-electron chi connectivity index (χ4n) is 3.80. The maximum atomic E-state index is 13.4. The normalized spacial score (nSPS) is 15.8. The van der Waals surface area contributed by atoms with Gasteiger partial charge in [0.1, 0.15) is 11.6 Å². The second-order valence-electron chi connectivity index (χ2n) is 7.14. The molecule has 144 valence electrons. The third-order valence-electron chi connectivity index (χ3n) is 5.26. The molecule has 28 heavy (non-hydrogen) atoms. The zero-order valence-corrected chi connectivity index (χ0v) is 15.6. The van der Waals surface area contributed by atoms with E-state index in [-0.39, 0.29) is 17.7 Å². The Morgan fingerprint density at radius 3 is 1.82 bits per heavy atom. The number of aromatic nitrogens is 1. The quantitative estimate of drug-likeness (QED) is 0.660. The van der Waals surface area contributed by atoms with Gasteiger partial charge >= 0.3 is 0 Å². The van der Waals surface area contributed by atoms with Crippen LogP contribution in [0.15, 0.2) is 72.9 Å². The molecule has 0 atom stereocenters. The topological polar surface area (TPSA) is 19.4 Å². The summed E-state index contributed by atoms with van der Waals surface area (Å²) in [4.78, 5) is 9.19. The Bertz CT molecular complexity index is 828. The molecular weight excluding hydrogens is 356 g/mol. The summed E-state index contributed by atoms with van der Waals surface area (Å²) in [5, 5.41) is 0. The minimum atomic E-state index is -0.248. The summed E-state index contributed by atoms with van der Waals surface area (Å²) < 4.78 is 26.9. The first-order valence-corrected chi connectivity index (χ1v) is 9.56. The molecule has 1 aliphatic rings. The fourth-order valence-corrected chi connectivity index (χ4v) is 3.80. The van der Waals surface area contributed by atoms with Crippen molar-refractivity contribution in [1.82, 2.24) is 14.8 Å². The highest BCUT2D eigenvalue weighted by Gasteiger charge is 2.26. The number of hydrogen-bond donors (Lipinski definition) is 0. The first kappa shape index (κ1) is 18.7. The van der Waals surface area contributed by atoms with Crippen LogP contribution in [0.1, 0.15) is 22.9 Å². The average molecular weight is 379 g/mol. The Morgan fingerprint density at radius 1 is 0.750 bits per heavy atom. The number of halogens is 2. The number of pyridine rings is 1. The van der Waals surface area contributed by atoms with Gasteiger partial charge in [-0.2, -0.15) is 0 Å². The lowest BCUT2D eigenvalue weighted by molar-refractivity contribution is 0.104. The van der Waals surface area contributed by atoms with Crippen LogP contribution in [0.5, 0.6) is 0 Å². The molecule has 0 unspecified atom stereocenters. The van der Waals surface area contributed by atoms with E-state index in [1.165, 1.54) is 24.3 Å². The largest absolute Gasteiger partial charge is 0.295 e. The Hall–Kier alpha value is -2.63. The maximum Gasteiger partial charge on any atom is 0.123 e. The van der Waals surface area contributed by atoms with E-state index in [1.54, 1.807) is 0 Å². The zero-order chi connectivity index (χ0) is 19.3. The van der Waals surface area contributed by atoms with Crippen molar-refractivity contribution in [1.29, 1.82) is 0 Å². The number of benzene rings is 2.